The van der Waals surface area contributed by atoms with Gasteiger partial charge < -0.3 is 19.6 Å². The molecule has 0 radical (unpaired) electrons. The smallest absolute Gasteiger partial charge is 0.290 e. The molecule has 0 spiro atoms. The molecule has 1 N–H and O–H groups in total. The van der Waals surface area contributed by atoms with E-state index < -0.39 is 0 Å². The fourth-order valence-corrected chi connectivity index (χ4v) is 4.97. The van der Waals surface area contributed by atoms with Crippen LogP contribution in [0.1, 0.15) is 35.1 Å². The molecule has 2 aromatic rings. The van der Waals surface area contributed by atoms with E-state index in [0.717, 1.165) is 25.1 Å². The maximum atomic E-state index is 12.9. The highest BCUT2D eigenvalue weighted by Gasteiger charge is 2.45. The third kappa shape index (κ3) is 5.28. The zero-order valence-corrected chi connectivity index (χ0v) is 19.5. The average molecular weight is 468 g/mol. The Kier molecular flexibility index (Phi) is 7.86. The number of hydrogen-bond donors (Lipinski definition) is 1. The van der Waals surface area contributed by atoms with Crippen LogP contribution in [0.2, 0.25) is 5.02 Å². The van der Waals surface area contributed by atoms with E-state index in [2.05, 4.69) is 20.3 Å². The number of amides is 1. The summed E-state index contributed by atoms with van der Waals surface area (Å²) in [7, 11) is 7.55. The van der Waals surface area contributed by atoms with E-state index >= 15 is 0 Å². The lowest BCUT2D eigenvalue weighted by Crippen LogP contribution is -2.37. The molecule has 32 heavy (non-hydrogen) atoms. The predicted octanol–water partition coefficient (Wildman–Crippen LogP) is 1.17. The summed E-state index contributed by atoms with van der Waals surface area (Å²) < 4.78 is 9.34. The second kappa shape index (κ2) is 10.4. The molecule has 4 atom stereocenters. The first kappa shape index (κ1) is 24.1. The molecule has 1 amide bonds. The number of halogens is 1. The lowest BCUT2D eigenvalue weighted by molar-refractivity contribution is -0.122. The number of methoxy groups -OCH3 is 1. The number of rotatable bonds is 5. The molecule has 0 unspecified atom stereocenters. The Morgan fingerprint density at radius 3 is 2.53 bits per heavy atom. The molecule has 12 heteroatoms. The zero-order valence-electron chi connectivity index (χ0n) is 18.8. The van der Waals surface area contributed by atoms with Gasteiger partial charge in [0.2, 0.25) is 0 Å². The van der Waals surface area contributed by atoms with Crippen molar-refractivity contribution in [2.24, 2.45) is 18.9 Å². The molecule has 0 aromatic carbocycles. The minimum absolute atomic E-state index is 0.0543. The Bertz CT molecular complexity index is 931. The van der Waals surface area contributed by atoms with Gasteiger partial charge in [0.05, 0.1) is 29.1 Å². The van der Waals surface area contributed by atoms with Gasteiger partial charge in [0.15, 0.2) is 5.69 Å². The van der Waals surface area contributed by atoms with Gasteiger partial charge in [-0.05, 0) is 38.8 Å². The van der Waals surface area contributed by atoms with Crippen LogP contribution in [0.3, 0.4) is 0 Å². The summed E-state index contributed by atoms with van der Waals surface area (Å²) in [5.74, 6) is 0.719. The molecule has 3 heterocycles. The molecule has 2 aliphatic rings. The van der Waals surface area contributed by atoms with Crippen LogP contribution in [0.5, 0.6) is 0 Å². The van der Waals surface area contributed by atoms with Gasteiger partial charge in [-0.3, -0.25) is 14.3 Å². The molecule has 1 aliphatic heterocycles. The minimum Gasteiger partial charge on any atom is -0.483 e. The molecule has 176 valence electrons. The second-order valence-electron chi connectivity index (χ2n) is 8.58. The molecular weight excluding hydrogens is 438 g/mol. The third-order valence-electron chi connectivity index (χ3n) is 6.04. The molecule has 1 saturated heterocycles. The number of aromatic nitrogens is 5. The molecule has 1 saturated carbocycles. The van der Waals surface area contributed by atoms with E-state index in [1.54, 1.807) is 25.0 Å². The topological polar surface area (TPSA) is 119 Å². The normalized spacial score (nSPS) is 24.8. The Balaban J connectivity index is 0.000000913. The fourth-order valence-electron chi connectivity index (χ4n) is 4.71. The van der Waals surface area contributed by atoms with Crippen LogP contribution in [0, 0.1) is 11.8 Å². The zero-order chi connectivity index (χ0) is 23.4. The van der Waals surface area contributed by atoms with Crippen molar-refractivity contribution in [2.75, 3.05) is 34.3 Å². The minimum atomic E-state index is -0.250. The average Bonchev–Trinajstić information content (AvgIpc) is 3.44. The van der Waals surface area contributed by atoms with Crippen molar-refractivity contribution in [2.45, 2.75) is 31.5 Å². The number of fused-ring (bicyclic) bond motifs is 1. The summed E-state index contributed by atoms with van der Waals surface area (Å²) >= 11 is 6.19. The molecule has 2 aromatic heterocycles. The number of nitrogens with zero attached hydrogens (tertiary/aromatic N) is 7. The summed E-state index contributed by atoms with van der Waals surface area (Å²) in [6, 6.07) is 0.123. The highest BCUT2D eigenvalue weighted by Crippen LogP contribution is 2.42. The number of carbonyl (C=O) groups is 2. The maximum Gasteiger partial charge on any atom is 0.290 e. The predicted molar refractivity (Wildman–Crippen MR) is 116 cm³/mol. The van der Waals surface area contributed by atoms with Crippen molar-refractivity contribution in [3.05, 3.63) is 28.8 Å². The SMILES string of the molecule is CO[C@@H]1C[C@H]2CN(C(=O)c3nn(C)cc3Cl)C[C@H]2C[C@H]1n1cc(CN(C)C)nn1.O=CO. The van der Waals surface area contributed by atoms with Crippen LogP contribution in [0.4, 0.5) is 0 Å². The molecule has 2 fully saturated rings. The van der Waals surface area contributed by atoms with E-state index in [-0.39, 0.29) is 24.5 Å². The highest BCUT2D eigenvalue weighted by molar-refractivity contribution is 6.33. The summed E-state index contributed by atoms with van der Waals surface area (Å²) in [6.07, 6.45) is 5.54. The first-order chi connectivity index (χ1) is 15.3. The van der Waals surface area contributed by atoms with Crippen molar-refractivity contribution in [1.82, 2.24) is 34.6 Å². The van der Waals surface area contributed by atoms with Gasteiger partial charge in [0.1, 0.15) is 0 Å². The quantitative estimate of drug-likeness (QED) is 0.651. The maximum absolute atomic E-state index is 12.9. The van der Waals surface area contributed by atoms with Crippen molar-refractivity contribution in [3.63, 3.8) is 0 Å². The van der Waals surface area contributed by atoms with Gasteiger partial charge in [0.25, 0.3) is 12.4 Å². The molecule has 11 nitrogen and oxygen atoms in total. The Labute approximate surface area is 191 Å². The van der Waals surface area contributed by atoms with Gasteiger partial charge in [-0.1, -0.05) is 16.8 Å². The van der Waals surface area contributed by atoms with Crippen molar-refractivity contribution in [3.8, 4) is 0 Å². The van der Waals surface area contributed by atoms with Crippen LogP contribution in [0.25, 0.3) is 0 Å². The summed E-state index contributed by atoms with van der Waals surface area (Å²) in [6.45, 7) is 1.93. The largest absolute Gasteiger partial charge is 0.483 e. The van der Waals surface area contributed by atoms with Crippen molar-refractivity contribution in [1.29, 1.82) is 0 Å². The number of carbonyl (C=O) groups excluding carboxylic acids is 1. The van der Waals surface area contributed by atoms with E-state index in [1.165, 1.54) is 0 Å². The van der Waals surface area contributed by atoms with Gasteiger partial charge in [-0.2, -0.15) is 5.10 Å². The number of hydrogen-bond acceptors (Lipinski definition) is 7. The standard InChI is InChI=1S/C19H28ClN7O2.CH2O2/c1-24(2)9-14-10-27(23-21-14)16-5-12-7-26(8-13(12)6-17(16)29-4)19(28)18-15(20)11-25(3)22-18;2-1-3/h10-13,16-17H,5-9H2,1-4H3;1H,(H,2,3)/t12-,13+,16-,17-;/m1./s1. The van der Waals surface area contributed by atoms with Crippen LogP contribution < -0.4 is 0 Å². The number of carboxylic acid groups (broad SMARTS) is 1. The third-order valence-corrected chi connectivity index (χ3v) is 6.31. The molecule has 0 bridgehead atoms. The number of likely N-dealkylation sites (tertiary alicyclic amines) is 1. The molecular formula is C20H30ClN7O4. The summed E-state index contributed by atoms with van der Waals surface area (Å²) in [5, 5.41) is 20.2. The Morgan fingerprint density at radius 2 is 1.97 bits per heavy atom. The van der Waals surface area contributed by atoms with E-state index in [9.17, 15) is 4.79 Å². The summed E-state index contributed by atoms with van der Waals surface area (Å²) in [5.41, 5.74) is 1.28. The van der Waals surface area contributed by atoms with Crippen LogP contribution >= 0.6 is 11.6 Å². The Hall–Kier alpha value is -2.50. The highest BCUT2D eigenvalue weighted by atomic mass is 35.5. The van der Waals surface area contributed by atoms with Gasteiger partial charge in [0, 0.05) is 40.0 Å². The van der Waals surface area contributed by atoms with E-state index in [0.29, 0.717) is 35.6 Å². The van der Waals surface area contributed by atoms with Gasteiger partial charge >= 0.3 is 0 Å². The van der Waals surface area contributed by atoms with Crippen molar-refractivity contribution >= 4 is 24.0 Å². The van der Waals surface area contributed by atoms with Gasteiger partial charge in [-0.15, -0.1) is 5.10 Å². The van der Waals surface area contributed by atoms with Crippen LogP contribution in [0.15, 0.2) is 12.4 Å². The Morgan fingerprint density at radius 1 is 1.31 bits per heavy atom. The van der Waals surface area contributed by atoms with Crippen LogP contribution in [-0.4, -0.2) is 92.5 Å². The summed E-state index contributed by atoms with van der Waals surface area (Å²) in [4.78, 5) is 25.3. The second-order valence-corrected chi connectivity index (χ2v) is 8.98. The lowest BCUT2D eigenvalue weighted by atomic mass is 9.77. The van der Waals surface area contributed by atoms with Gasteiger partial charge in [-0.25, -0.2) is 4.68 Å². The monoisotopic (exact) mass is 467 g/mol. The van der Waals surface area contributed by atoms with E-state index in [4.69, 9.17) is 26.2 Å². The molecule has 4 rings (SSSR count). The number of ether oxygens (including phenoxy) is 1. The first-order valence-electron chi connectivity index (χ1n) is 10.4. The first-order valence-corrected chi connectivity index (χ1v) is 10.8. The van der Waals surface area contributed by atoms with Crippen molar-refractivity contribution < 1.29 is 19.4 Å². The lowest BCUT2D eigenvalue weighted by Gasteiger charge is -2.36. The number of aryl methyl sites for hydroxylation is 1. The fraction of sp³-hybridized carbons (Fsp3) is 0.650. The van der Waals surface area contributed by atoms with E-state index in [1.807, 2.05) is 29.9 Å². The van der Waals surface area contributed by atoms with Crippen LogP contribution in [-0.2, 0) is 23.1 Å². The molecule has 1 aliphatic carbocycles.